The van der Waals surface area contributed by atoms with Crippen LogP contribution in [0.1, 0.15) is 73.6 Å². The van der Waals surface area contributed by atoms with E-state index in [0.29, 0.717) is 18.8 Å². The maximum atomic E-state index is 15.1. The van der Waals surface area contributed by atoms with Crippen LogP contribution in [0, 0.1) is 5.92 Å². The molecule has 1 unspecified atom stereocenters. The first-order valence-corrected chi connectivity index (χ1v) is 18.6. The second-order valence-corrected chi connectivity index (χ2v) is 20.2. The van der Waals surface area contributed by atoms with Crippen molar-refractivity contribution in [2.45, 2.75) is 104 Å². The van der Waals surface area contributed by atoms with Crippen LogP contribution in [0.15, 0.2) is 72.3 Å². The molecule has 0 bridgehead atoms. The van der Waals surface area contributed by atoms with E-state index in [4.69, 9.17) is 4.43 Å². The van der Waals surface area contributed by atoms with Crippen molar-refractivity contribution in [2.75, 3.05) is 6.61 Å². The summed E-state index contributed by atoms with van der Waals surface area (Å²) in [7, 11) is -4.82. The predicted octanol–water partition coefficient (Wildman–Crippen LogP) is 8.30. The monoisotopic (exact) mass is 542 g/mol. The minimum Gasteiger partial charge on any atom is -0.417 e. The lowest BCUT2D eigenvalue weighted by Crippen LogP contribution is -2.41. The zero-order valence-electron chi connectivity index (χ0n) is 24.5. The Labute approximate surface area is 228 Å². The third kappa shape index (κ3) is 9.06. The third-order valence-electron chi connectivity index (χ3n) is 8.04. The van der Waals surface area contributed by atoms with Crippen LogP contribution in [-0.4, -0.2) is 31.8 Å². The zero-order valence-corrected chi connectivity index (χ0v) is 26.4. The van der Waals surface area contributed by atoms with Gasteiger partial charge in [-0.1, -0.05) is 100 Å². The molecule has 0 spiro atoms. The number of aliphatic hydroxyl groups is 1. The molecule has 1 N–H and O–H groups in total. The van der Waals surface area contributed by atoms with Gasteiger partial charge in [0, 0.05) is 22.9 Å². The largest absolute Gasteiger partial charge is 0.417 e. The molecule has 0 aliphatic heterocycles. The Morgan fingerprint density at radius 1 is 0.919 bits per heavy atom. The van der Waals surface area contributed by atoms with Crippen molar-refractivity contribution < 1.29 is 14.1 Å². The van der Waals surface area contributed by atoms with E-state index in [9.17, 15) is 5.11 Å². The minimum absolute atomic E-state index is 0.209. The Morgan fingerprint density at radius 3 is 1.89 bits per heavy atom. The molecular formula is C32H51O3PSi. The van der Waals surface area contributed by atoms with Gasteiger partial charge in [0.05, 0.1) is 6.10 Å². The molecule has 2 aromatic rings. The standard InChI is InChI=1S/C32H51O3PSi/c1-26(2)16-15-21-31(30(33)23-22-27(3)24-25-35-37(7,8)32(4,5)6)36(34,28-17-11-9-12-18-28)29-19-13-10-14-20-29/h9-14,16-20,27,30-31,33H,15,21-25H2,1-8H3/t27-,30-,31?/m1/s1. The topological polar surface area (TPSA) is 46.5 Å². The molecule has 5 heteroatoms. The van der Waals surface area contributed by atoms with Crippen LogP contribution < -0.4 is 10.6 Å². The van der Waals surface area contributed by atoms with Crippen LogP contribution in [0.25, 0.3) is 0 Å². The summed E-state index contributed by atoms with van der Waals surface area (Å²) in [6, 6.07) is 19.6. The molecule has 0 heterocycles. The first-order chi connectivity index (χ1) is 17.3. The summed E-state index contributed by atoms with van der Waals surface area (Å²) in [5, 5.41) is 13.5. The Bertz CT molecular complexity index is 964. The highest BCUT2D eigenvalue weighted by molar-refractivity contribution is 7.79. The normalized spacial score (nSPS) is 15.2. The van der Waals surface area contributed by atoms with Crippen molar-refractivity contribution in [3.63, 3.8) is 0 Å². The van der Waals surface area contributed by atoms with Gasteiger partial charge in [0.15, 0.2) is 8.32 Å². The Hall–Kier alpha value is -1.45. The van der Waals surface area contributed by atoms with Gasteiger partial charge in [-0.05, 0) is 70.0 Å². The Balaban J connectivity index is 2.22. The highest BCUT2D eigenvalue weighted by atomic mass is 31.2. The first kappa shape index (κ1) is 31.8. The van der Waals surface area contributed by atoms with Crippen molar-refractivity contribution in [1.82, 2.24) is 0 Å². The zero-order chi connectivity index (χ0) is 27.7. The van der Waals surface area contributed by atoms with Crippen molar-refractivity contribution in [3.8, 4) is 0 Å². The number of hydrogen-bond donors (Lipinski definition) is 1. The van der Waals surface area contributed by atoms with Gasteiger partial charge < -0.3 is 14.1 Å². The van der Waals surface area contributed by atoms with E-state index in [1.54, 1.807) is 0 Å². The molecule has 0 aliphatic carbocycles. The lowest BCUT2D eigenvalue weighted by Gasteiger charge is -2.36. The minimum atomic E-state index is -3.07. The van der Waals surface area contributed by atoms with Crippen LogP contribution in [0.3, 0.4) is 0 Å². The van der Waals surface area contributed by atoms with Gasteiger partial charge in [-0.25, -0.2) is 0 Å². The van der Waals surface area contributed by atoms with E-state index in [-0.39, 0.29) is 10.7 Å². The quantitative estimate of drug-likeness (QED) is 0.148. The van der Waals surface area contributed by atoms with E-state index in [0.717, 1.165) is 36.5 Å². The number of hydrogen-bond acceptors (Lipinski definition) is 3. The smallest absolute Gasteiger partial charge is 0.191 e. The molecule has 0 saturated heterocycles. The fourth-order valence-electron chi connectivity index (χ4n) is 4.51. The van der Waals surface area contributed by atoms with Gasteiger partial charge in [-0.15, -0.1) is 0 Å². The van der Waals surface area contributed by atoms with Crippen LogP contribution in [0.5, 0.6) is 0 Å². The Morgan fingerprint density at radius 2 is 1.43 bits per heavy atom. The van der Waals surface area contributed by atoms with Gasteiger partial charge in [-0.2, -0.15) is 0 Å². The third-order valence-corrected chi connectivity index (χ3v) is 16.2. The lowest BCUT2D eigenvalue weighted by molar-refractivity contribution is 0.143. The molecule has 206 valence electrons. The number of benzene rings is 2. The molecule has 0 fully saturated rings. The molecule has 3 nitrogen and oxygen atoms in total. The van der Waals surface area contributed by atoms with Crippen LogP contribution >= 0.6 is 7.14 Å². The average molecular weight is 543 g/mol. The van der Waals surface area contributed by atoms with Gasteiger partial charge in [0.1, 0.15) is 7.14 Å². The van der Waals surface area contributed by atoms with Gasteiger partial charge in [-0.3, -0.25) is 0 Å². The second kappa shape index (κ2) is 14.1. The molecule has 2 aromatic carbocycles. The number of rotatable bonds is 14. The number of aliphatic hydroxyl groups excluding tert-OH is 1. The molecule has 0 saturated carbocycles. The van der Waals surface area contributed by atoms with Gasteiger partial charge in [0.2, 0.25) is 0 Å². The number of allylic oxidation sites excluding steroid dienone is 2. The maximum Gasteiger partial charge on any atom is 0.191 e. The van der Waals surface area contributed by atoms with Gasteiger partial charge in [0.25, 0.3) is 0 Å². The lowest BCUT2D eigenvalue weighted by atomic mass is 9.97. The van der Waals surface area contributed by atoms with Crippen LogP contribution in [0.4, 0.5) is 0 Å². The second-order valence-electron chi connectivity index (χ2n) is 12.4. The van der Waals surface area contributed by atoms with Gasteiger partial charge >= 0.3 is 0 Å². The molecule has 2 rings (SSSR count). The van der Waals surface area contributed by atoms with E-state index in [1.807, 2.05) is 60.7 Å². The highest BCUT2D eigenvalue weighted by Gasteiger charge is 2.40. The molecule has 0 amide bonds. The SMILES string of the molecule is CC(C)=CCCC([C@H](O)CC[C@@H](C)CCO[Si](C)(C)C(C)(C)C)P(=O)(c1ccccc1)c1ccccc1. The molecule has 3 atom stereocenters. The van der Waals surface area contributed by atoms with E-state index < -0.39 is 21.6 Å². The summed E-state index contributed by atoms with van der Waals surface area (Å²) in [5.74, 6) is 0.436. The highest BCUT2D eigenvalue weighted by Crippen LogP contribution is 2.52. The molecule has 0 aromatic heterocycles. The summed E-state index contributed by atoms with van der Waals surface area (Å²) >= 11 is 0. The molecule has 0 aliphatic rings. The van der Waals surface area contributed by atoms with Crippen molar-refractivity contribution in [2.24, 2.45) is 5.92 Å². The summed E-state index contributed by atoms with van der Waals surface area (Å²) < 4.78 is 21.4. The fourth-order valence-corrected chi connectivity index (χ4v) is 9.02. The molecule has 37 heavy (non-hydrogen) atoms. The van der Waals surface area contributed by atoms with Crippen molar-refractivity contribution in [1.29, 1.82) is 0 Å². The summed E-state index contributed by atoms with van der Waals surface area (Å²) in [6.45, 7) is 18.6. The fraction of sp³-hybridized carbons (Fsp3) is 0.562. The van der Waals surface area contributed by atoms with Crippen LogP contribution in [0.2, 0.25) is 18.1 Å². The summed E-state index contributed by atoms with van der Waals surface area (Å²) in [4.78, 5) is 0. The average Bonchev–Trinajstić information content (AvgIpc) is 2.85. The maximum absolute atomic E-state index is 15.1. The van der Waals surface area contributed by atoms with Crippen molar-refractivity contribution >= 4 is 26.1 Å². The van der Waals surface area contributed by atoms with E-state index >= 15 is 4.57 Å². The summed E-state index contributed by atoms with van der Waals surface area (Å²) in [5.41, 5.74) is 0.918. The van der Waals surface area contributed by atoms with Crippen LogP contribution in [-0.2, 0) is 8.99 Å². The molecular weight excluding hydrogens is 491 g/mol. The predicted molar refractivity (Wildman–Crippen MR) is 164 cm³/mol. The summed E-state index contributed by atoms with van der Waals surface area (Å²) in [6.07, 6.45) is 5.58. The molecule has 0 radical (unpaired) electrons. The van der Waals surface area contributed by atoms with E-state index in [1.165, 1.54) is 5.57 Å². The van der Waals surface area contributed by atoms with E-state index in [2.05, 4.69) is 60.7 Å². The van der Waals surface area contributed by atoms with Crippen molar-refractivity contribution in [3.05, 3.63) is 72.3 Å². The first-order valence-electron chi connectivity index (χ1n) is 14.0. The Kier molecular flexibility index (Phi) is 12.1.